The highest BCUT2D eigenvalue weighted by Crippen LogP contribution is 2.07. The molecule has 3 amide bonds. The summed E-state index contributed by atoms with van der Waals surface area (Å²) in [4.78, 5) is 22.1. The quantitative estimate of drug-likeness (QED) is 0.751. The first-order valence-electron chi connectivity index (χ1n) is 4.18. The zero-order valence-electron chi connectivity index (χ0n) is 8.20. The molecule has 2 N–H and O–H groups in total. The molecule has 0 bridgehead atoms. The smallest absolute Gasteiger partial charge is 0.328 e. The van der Waals surface area contributed by atoms with Crippen molar-refractivity contribution < 1.29 is 14.1 Å². The fourth-order valence-corrected chi connectivity index (χ4v) is 0.832. The van der Waals surface area contributed by atoms with Gasteiger partial charge in [0.1, 0.15) is 5.38 Å². The van der Waals surface area contributed by atoms with Crippen molar-refractivity contribution in [3.8, 4) is 0 Å². The van der Waals surface area contributed by atoms with E-state index in [1.165, 1.54) is 13.0 Å². The summed E-state index contributed by atoms with van der Waals surface area (Å²) in [6.45, 7) is 3.17. The molecule has 0 spiro atoms. The third-order valence-electron chi connectivity index (χ3n) is 1.46. The van der Waals surface area contributed by atoms with Crippen LogP contribution in [0.1, 0.15) is 12.6 Å². The van der Waals surface area contributed by atoms with Crippen LogP contribution in [0.5, 0.6) is 0 Å². The molecule has 0 aliphatic rings. The maximum Gasteiger partial charge on any atom is 0.328 e. The molecule has 82 valence electrons. The van der Waals surface area contributed by atoms with Crippen molar-refractivity contribution in [2.45, 2.75) is 19.2 Å². The zero-order chi connectivity index (χ0) is 11.4. The van der Waals surface area contributed by atoms with Crippen LogP contribution in [0.25, 0.3) is 0 Å². The Hall–Kier alpha value is -1.56. The lowest BCUT2D eigenvalue weighted by Crippen LogP contribution is -2.38. The summed E-state index contributed by atoms with van der Waals surface area (Å²) in [6, 6.07) is 0.817. The molecule has 6 nitrogen and oxygen atoms in total. The summed E-state index contributed by atoms with van der Waals surface area (Å²) in [7, 11) is 0. The van der Waals surface area contributed by atoms with Crippen LogP contribution in [0, 0.1) is 6.92 Å². The third-order valence-corrected chi connectivity index (χ3v) is 1.66. The maximum atomic E-state index is 11.1. The standard InChI is InChI=1S/C8H10ClN3O3/c1-4-3-6(15-12-4)10-8(14)11-7(13)5(2)9/h3,5H,1-2H3,(H2,10,11,13,14). The number of anilines is 1. The number of carbonyl (C=O) groups is 2. The lowest BCUT2D eigenvalue weighted by molar-refractivity contribution is -0.119. The van der Waals surface area contributed by atoms with E-state index in [4.69, 9.17) is 16.1 Å². The number of nitrogens with zero attached hydrogens (tertiary/aromatic N) is 1. The van der Waals surface area contributed by atoms with Gasteiger partial charge < -0.3 is 4.52 Å². The fourth-order valence-electron chi connectivity index (χ4n) is 0.777. The van der Waals surface area contributed by atoms with Crippen LogP contribution >= 0.6 is 11.6 Å². The second kappa shape index (κ2) is 4.79. The van der Waals surface area contributed by atoms with E-state index in [1.54, 1.807) is 6.92 Å². The molecule has 7 heteroatoms. The Kier molecular flexibility index (Phi) is 3.68. The first-order chi connectivity index (χ1) is 6.99. The number of aromatic nitrogens is 1. The minimum absolute atomic E-state index is 0.167. The topological polar surface area (TPSA) is 84.2 Å². The fraction of sp³-hybridized carbons (Fsp3) is 0.375. The molecule has 1 unspecified atom stereocenters. The van der Waals surface area contributed by atoms with E-state index in [2.05, 4.69) is 10.5 Å². The van der Waals surface area contributed by atoms with Crippen molar-refractivity contribution >= 4 is 29.4 Å². The van der Waals surface area contributed by atoms with Gasteiger partial charge in [0.05, 0.1) is 5.69 Å². The molecule has 0 aromatic carbocycles. The molecule has 1 aromatic rings. The largest absolute Gasteiger partial charge is 0.338 e. The number of halogens is 1. The Balaban J connectivity index is 2.46. The van der Waals surface area contributed by atoms with Crippen LogP contribution in [0.2, 0.25) is 0 Å². The molecular weight excluding hydrogens is 222 g/mol. The van der Waals surface area contributed by atoms with Crippen LogP contribution in [0.3, 0.4) is 0 Å². The average Bonchev–Trinajstić information content (AvgIpc) is 2.50. The summed E-state index contributed by atoms with van der Waals surface area (Å²) < 4.78 is 4.71. The summed E-state index contributed by atoms with van der Waals surface area (Å²) in [5, 5.41) is 7.10. The van der Waals surface area contributed by atoms with Crippen molar-refractivity contribution in [1.82, 2.24) is 10.5 Å². The van der Waals surface area contributed by atoms with Crippen molar-refractivity contribution in [3.63, 3.8) is 0 Å². The number of imide groups is 1. The van der Waals surface area contributed by atoms with Crippen LogP contribution in [-0.2, 0) is 4.79 Å². The van der Waals surface area contributed by atoms with E-state index in [0.717, 1.165) is 0 Å². The normalized spacial score (nSPS) is 11.9. The number of nitrogens with one attached hydrogen (secondary N) is 2. The summed E-state index contributed by atoms with van der Waals surface area (Å²) in [6.07, 6.45) is 0. The van der Waals surface area contributed by atoms with Gasteiger partial charge in [-0.05, 0) is 13.8 Å². The lowest BCUT2D eigenvalue weighted by Gasteiger charge is -2.04. The number of amides is 3. The molecular formula is C8H10ClN3O3. The SMILES string of the molecule is Cc1cc(NC(=O)NC(=O)C(C)Cl)on1. The second-order valence-corrected chi connectivity index (χ2v) is 3.55. The van der Waals surface area contributed by atoms with Gasteiger partial charge in [-0.15, -0.1) is 11.6 Å². The summed E-state index contributed by atoms with van der Waals surface area (Å²) in [5.74, 6) is -0.412. The van der Waals surface area contributed by atoms with Crippen LogP contribution < -0.4 is 10.6 Å². The minimum atomic E-state index is -0.771. The van der Waals surface area contributed by atoms with Crippen molar-refractivity contribution in [2.75, 3.05) is 5.32 Å². The lowest BCUT2D eigenvalue weighted by atomic mass is 10.4. The molecule has 1 heterocycles. The molecule has 0 saturated carbocycles. The highest BCUT2D eigenvalue weighted by molar-refractivity contribution is 6.31. The van der Waals surface area contributed by atoms with Crippen molar-refractivity contribution in [1.29, 1.82) is 0 Å². The number of carbonyl (C=O) groups excluding carboxylic acids is 2. The van der Waals surface area contributed by atoms with Crippen LogP contribution in [-0.4, -0.2) is 22.5 Å². The Morgan fingerprint density at radius 2 is 2.27 bits per heavy atom. The molecule has 0 aliphatic carbocycles. The van der Waals surface area contributed by atoms with Crippen LogP contribution in [0.4, 0.5) is 10.7 Å². The number of aryl methyl sites for hydroxylation is 1. The molecule has 1 rings (SSSR count). The van der Waals surface area contributed by atoms with E-state index < -0.39 is 17.3 Å². The van der Waals surface area contributed by atoms with Gasteiger partial charge >= 0.3 is 6.03 Å². The highest BCUT2D eigenvalue weighted by Gasteiger charge is 2.13. The van der Waals surface area contributed by atoms with E-state index >= 15 is 0 Å². The van der Waals surface area contributed by atoms with E-state index in [0.29, 0.717) is 5.69 Å². The van der Waals surface area contributed by atoms with Gasteiger partial charge in [0.2, 0.25) is 11.8 Å². The molecule has 15 heavy (non-hydrogen) atoms. The van der Waals surface area contributed by atoms with Gasteiger partial charge in [-0.3, -0.25) is 15.4 Å². The highest BCUT2D eigenvalue weighted by atomic mass is 35.5. The predicted octanol–water partition coefficient (Wildman–Crippen LogP) is 1.26. The number of alkyl halides is 1. The molecule has 0 saturated heterocycles. The minimum Gasteiger partial charge on any atom is -0.338 e. The molecule has 0 fully saturated rings. The van der Waals surface area contributed by atoms with E-state index in [9.17, 15) is 9.59 Å². The summed E-state index contributed by atoms with van der Waals surface area (Å²) in [5.41, 5.74) is 0.627. The van der Waals surface area contributed by atoms with E-state index in [-0.39, 0.29) is 5.88 Å². The predicted molar refractivity (Wildman–Crippen MR) is 53.7 cm³/mol. The van der Waals surface area contributed by atoms with Crippen molar-refractivity contribution in [2.24, 2.45) is 0 Å². The Morgan fingerprint density at radius 1 is 1.60 bits per heavy atom. The van der Waals surface area contributed by atoms with Gasteiger partial charge in [-0.1, -0.05) is 5.16 Å². The van der Waals surface area contributed by atoms with E-state index in [1.807, 2.05) is 5.32 Å². The van der Waals surface area contributed by atoms with Gasteiger partial charge in [0.25, 0.3) is 0 Å². The number of urea groups is 1. The Bertz CT molecular complexity index is 375. The monoisotopic (exact) mass is 231 g/mol. The number of hydrogen-bond donors (Lipinski definition) is 2. The number of rotatable bonds is 2. The first-order valence-corrected chi connectivity index (χ1v) is 4.62. The van der Waals surface area contributed by atoms with Gasteiger partial charge in [-0.2, -0.15) is 0 Å². The molecule has 1 atom stereocenters. The van der Waals surface area contributed by atoms with Gasteiger partial charge in [0.15, 0.2) is 0 Å². The number of hydrogen-bond acceptors (Lipinski definition) is 4. The molecule has 1 aromatic heterocycles. The second-order valence-electron chi connectivity index (χ2n) is 2.89. The summed E-state index contributed by atoms with van der Waals surface area (Å²) >= 11 is 5.45. The van der Waals surface area contributed by atoms with Crippen LogP contribution in [0.15, 0.2) is 10.6 Å². The first kappa shape index (κ1) is 11.5. The third kappa shape index (κ3) is 3.59. The molecule has 0 radical (unpaired) electrons. The maximum absolute atomic E-state index is 11.1. The van der Waals surface area contributed by atoms with Crippen molar-refractivity contribution in [3.05, 3.63) is 11.8 Å². The Labute approximate surface area is 90.9 Å². The van der Waals surface area contributed by atoms with Gasteiger partial charge in [-0.25, -0.2) is 4.79 Å². The zero-order valence-corrected chi connectivity index (χ0v) is 8.96. The molecule has 0 aliphatic heterocycles. The Morgan fingerprint density at radius 3 is 2.73 bits per heavy atom. The van der Waals surface area contributed by atoms with Gasteiger partial charge in [0, 0.05) is 6.07 Å². The average molecular weight is 232 g/mol.